The van der Waals surface area contributed by atoms with Crippen molar-refractivity contribution in [3.63, 3.8) is 0 Å². The van der Waals surface area contributed by atoms with E-state index in [1.165, 1.54) is 0 Å². The number of pyridine rings is 1. The highest BCUT2D eigenvalue weighted by molar-refractivity contribution is 5.89. The molecule has 32 heavy (non-hydrogen) atoms. The molecule has 1 aliphatic heterocycles. The molecule has 172 valence electrons. The molecular formula is C23H30N4O5. The molecule has 0 spiro atoms. The van der Waals surface area contributed by atoms with Crippen molar-refractivity contribution >= 4 is 17.6 Å². The van der Waals surface area contributed by atoms with Crippen molar-refractivity contribution in [2.45, 2.75) is 43.9 Å². The zero-order valence-electron chi connectivity index (χ0n) is 18.1. The number of rotatable bonds is 9. The van der Waals surface area contributed by atoms with E-state index in [0.29, 0.717) is 37.2 Å². The summed E-state index contributed by atoms with van der Waals surface area (Å²) in [5.74, 6) is 0.650. The molecule has 9 heteroatoms. The van der Waals surface area contributed by atoms with Crippen molar-refractivity contribution in [1.29, 1.82) is 0 Å². The average Bonchev–Trinajstić information content (AvgIpc) is 2.81. The summed E-state index contributed by atoms with van der Waals surface area (Å²) in [4.78, 5) is 28.3. The monoisotopic (exact) mass is 442 g/mol. The Hall–Kier alpha value is -3.17. The van der Waals surface area contributed by atoms with Gasteiger partial charge in [-0.05, 0) is 61.2 Å². The minimum Gasteiger partial charge on any atom is -0.497 e. The Bertz CT molecular complexity index is 862. The molecule has 0 unspecified atom stereocenters. The molecule has 1 aliphatic rings. The fraction of sp³-hybridized carbons (Fsp3) is 0.435. The smallest absolute Gasteiger partial charge is 0.319 e. The lowest BCUT2D eigenvalue weighted by molar-refractivity contribution is -0.121. The Morgan fingerprint density at radius 3 is 2.59 bits per heavy atom. The summed E-state index contributed by atoms with van der Waals surface area (Å²) in [7, 11) is 1.58. The quantitative estimate of drug-likeness (QED) is 0.470. The molecular weight excluding hydrogens is 412 g/mol. The summed E-state index contributed by atoms with van der Waals surface area (Å²) in [5, 5.41) is 18.3. The van der Waals surface area contributed by atoms with Crippen LogP contribution in [0.1, 0.15) is 24.8 Å². The van der Waals surface area contributed by atoms with Crippen LogP contribution in [-0.4, -0.2) is 60.5 Å². The first-order chi connectivity index (χ1) is 15.6. The van der Waals surface area contributed by atoms with Crippen LogP contribution in [0.2, 0.25) is 0 Å². The van der Waals surface area contributed by atoms with Crippen molar-refractivity contribution in [3.8, 4) is 5.75 Å². The number of benzene rings is 1. The topological polar surface area (TPSA) is 122 Å². The van der Waals surface area contributed by atoms with Crippen LogP contribution < -0.4 is 20.7 Å². The summed E-state index contributed by atoms with van der Waals surface area (Å²) >= 11 is 0. The van der Waals surface area contributed by atoms with Gasteiger partial charge in [0.05, 0.1) is 32.3 Å². The minimum absolute atomic E-state index is 0.0551. The highest BCUT2D eigenvalue weighted by atomic mass is 16.5. The molecule has 0 saturated carbocycles. The molecule has 2 aromatic rings. The van der Waals surface area contributed by atoms with Gasteiger partial charge in [0, 0.05) is 24.6 Å². The van der Waals surface area contributed by atoms with E-state index in [-0.39, 0.29) is 30.7 Å². The Morgan fingerprint density at radius 1 is 1.16 bits per heavy atom. The first-order valence-electron chi connectivity index (χ1n) is 10.7. The van der Waals surface area contributed by atoms with Gasteiger partial charge in [0.2, 0.25) is 5.91 Å². The summed E-state index contributed by atoms with van der Waals surface area (Å²) in [6.45, 7) is 0.293. The molecule has 3 atom stereocenters. The first kappa shape index (κ1) is 23.5. The maximum absolute atomic E-state index is 12.3. The van der Waals surface area contributed by atoms with Crippen molar-refractivity contribution in [2.75, 3.05) is 25.6 Å². The third-order valence-corrected chi connectivity index (χ3v) is 5.36. The lowest BCUT2D eigenvalue weighted by atomic mass is 9.97. The molecule has 1 saturated heterocycles. The molecule has 1 aromatic heterocycles. The normalized spacial score (nSPS) is 20.2. The van der Waals surface area contributed by atoms with Crippen molar-refractivity contribution in [1.82, 2.24) is 15.6 Å². The number of hydrogen-bond acceptors (Lipinski definition) is 6. The van der Waals surface area contributed by atoms with Gasteiger partial charge in [-0.15, -0.1) is 0 Å². The Kier molecular flexibility index (Phi) is 8.82. The molecule has 0 aliphatic carbocycles. The number of hydrogen-bond donors (Lipinski definition) is 4. The molecule has 1 aromatic carbocycles. The Labute approximate surface area is 187 Å². The molecule has 0 bridgehead atoms. The fourth-order valence-corrected chi connectivity index (χ4v) is 3.64. The van der Waals surface area contributed by atoms with Crippen LogP contribution in [0.4, 0.5) is 10.5 Å². The van der Waals surface area contributed by atoms with Gasteiger partial charge in [0.15, 0.2) is 0 Å². The number of aliphatic hydroxyl groups excluding tert-OH is 1. The summed E-state index contributed by atoms with van der Waals surface area (Å²) in [6.07, 6.45) is 5.09. The van der Waals surface area contributed by atoms with Crippen LogP contribution >= 0.6 is 0 Å². The summed E-state index contributed by atoms with van der Waals surface area (Å²) in [5.41, 5.74) is 1.55. The van der Waals surface area contributed by atoms with Gasteiger partial charge < -0.3 is 30.5 Å². The third kappa shape index (κ3) is 7.21. The number of anilines is 1. The SMILES string of the molecule is COc1ccc(NC(=O)N[C@@H]2CC[C@@H](CCNC(=O)Cc3ccncc3)O[C@H]2CO)cc1. The van der Waals surface area contributed by atoms with Gasteiger partial charge in [0.1, 0.15) is 11.9 Å². The van der Waals surface area contributed by atoms with Crippen LogP contribution in [0.3, 0.4) is 0 Å². The molecule has 2 heterocycles. The van der Waals surface area contributed by atoms with E-state index in [2.05, 4.69) is 20.9 Å². The maximum atomic E-state index is 12.3. The molecule has 9 nitrogen and oxygen atoms in total. The summed E-state index contributed by atoms with van der Waals surface area (Å²) in [6, 6.07) is 9.99. The number of ether oxygens (including phenoxy) is 2. The highest BCUT2D eigenvalue weighted by Crippen LogP contribution is 2.22. The lowest BCUT2D eigenvalue weighted by Crippen LogP contribution is -2.52. The van der Waals surface area contributed by atoms with Crippen molar-refractivity contribution in [3.05, 3.63) is 54.4 Å². The van der Waals surface area contributed by atoms with Crippen molar-refractivity contribution < 1.29 is 24.2 Å². The van der Waals surface area contributed by atoms with E-state index >= 15 is 0 Å². The molecule has 0 radical (unpaired) electrons. The van der Waals surface area contributed by atoms with Gasteiger partial charge in [0.25, 0.3) is 0 Å². The van der Waals surface area contributed by atoms with Crippen LogP contribution in [0, 0.1) is 0 Å². The summed E-state index contributed by atoms with van der Waals surface area (Å²) < 4.78 is 11.1. The third-order valence-electron chi connectivity index (χ3n) is 5.36. The van der Waals surface area contributed by atoms with Gasteiger partial charge in [-0.25, -0.2) is 4.79 Å². The number of urea groups is 1. The second kappa shape index (κ2) is 12.0. The van der Waals surface area contributed by atoms with E-state index in [1.54, 1.807) is 43.8 Å². The molecule has 4 N–H and O–H groups in total. The predicted molar refractivity (Wildman–Crippen MR) is 119 cm³/mol. The molecule has 1 fully saturated rings. The zero-order chi connectivity index (χ0) is 22.8. The van der Waals surface area contributed by atoms with Gasteiger partial charge >= 0.3 is 6.03 Å². The Morgan fingerprint density at radius 2 is 1.91 bits per heavy atom. The second-order valence-electron chi connectivity index (χ2n) is 7.66. The molecule has 3 rings (SSSR count). The lowest BCUT2D eigenvalue weighted by Gasteiger charge is -2.36. The van der Waals surface area contributed by atoms with Gasteiger partial charge in [-0.1, -0.05) is 0 Å². The molecule has 3 amide bonds. The van der Waals surface area contributed by atoms with Crippen LogP contribution in [0.15, 0.2) is 48.8 Å². The van der Waals surface area contributed by atoms with Crippen LogP contribution in [-0.2, 0) is 16.0 Å². The van der Waals surface area contributed by atoms with E-state index in [0.717, 1.165) is 12.0 Å². The number of carbonyl (C=O) groups is 2. The number of amides is 3. The number of carbonyl (C=O) groups excluding carboxylic acids is 2. The standard InChI is InChI=1S/C23H30N4O5/c1-31-18-4-2-17(3-5-18)26-23(30)27-20-7-6-19(32-21(20)15-28)10-13-25-22(29)14-16-8-11-24-12-9-16/h2-5,8-9,11-12,19-21,28H,6-7,10,13-15H2,1H3,(H,25,29)(H2,26,27,30)/t19-,20+,21-/m0/s1. The first-order valence-corrected chi connectivity index (χ1v) is 10.7. The fourth-order valence-electron chi connectivity index (χ4n) is 3.64. The van der Waals surface area contributed by atoms with E-state index in [4.69, 9.17) is 9.47 Å². The largest absolute Gasteiger partial charge is 0.497 e. The predicted octanol–water partition coefficient (Wildman–Crippen LogP) is 1.87. The number of aromatic nitrogens is 1. The number of nitrogens with zero attached hydrogens (tertiary/aromatic N) is 1. The van der Waals surface area contributed by atoms with Gasteiger partial charge in [-0.2, -0.15) is 0 Å². The zero-order valence-corrected chi connectivity index (χ0v) is 18.1. The van der Waals surface area contributed by atoms with E-state index < -0.39 is 6.10 Å². The number of nitrogens with one attached hydrogen (secondary N) is 3. The van der Waals surface area contributed by atoms with Gasteiger partial charge in [-0.3, -0.25) is 9.78 Å². The average molecular weight is 443 g/mol. The Balaban J connectivity index is 1.39. The second-order valence-corrected chi connectivity index (χ2v) is 7.66. The van der Waals surface area contributed by atoms with E-state index in [9.17, 15) is 14.7 Å². The number of methoxy groups -OCH3 is 1. The maximum Gasteiger partial charge on any atom is 0.319 e. The van der Waals surface area contributed by atoms with Crippen LogP contribution in [0.5, 0.6) is 5.75 Å². The van der Waals surface area contributed by atoms with Crippen LogP contribution in [0.25, 0.3) is 0 Å². The van der Waals surface area contributed by atoms with E-state index in [1.807, 2.05) is 12.1 Å². The minimum atomic E-state index is -0.497. The highest BCUT2D eigenvalue weighted by Gasteiger charge is 2.31. The number of aliphatic hydroxyl groups is 1. The van der Waals surface area contributed by atoms with Crippen molar-refractivity contribution in [2.24, 2.45) is 0 Å².